The Hall–Kier alpha value is -1.38. The molecule has 0 aromatic carbocycles. The Balaban J connectivity index is 1.77. The Bertz CT molecular complexity index is 589. The second kappa shape index (κ2) is 6.87. The summed E-state index contributed by atoms with van der Waals surface area (Å²) in [7, 11) is 0. The van der Waals surface area contributed by atoms with Gasteiger partial charge in [0.15, 0.2) is 0 Å². The number of aryl methyl sites for hydroxylation is 2. The van der Waals surface area contributed by atoms with E-state index in [0.29, 0.717) is 19.5 Å². The van der Waals surface area contributed by atoms with Crippen molar-refractivity contribution < 1.29 is 4.79 Å². The van der Waals surface area contributed by atoms with Crippen molar-refractivity contribution in [2.45, 2.75) is 39.9 Å². The highest BCUT2D eigenvalue weighted by molar-refractivity contribution is 14.1. The average Bonchev–Trinajstić information content (AvgIpc) is 3.03. The Morgan fingerprint density at radius 3 is 2.80 bits per heavy atom. The van der Waals surface area contributed by atoms with Crippen molar-refractivity contribution >= 4 is 28.5 Å². The molecule has 0 spiro atoms. The van der Waals surface area contributed by atoms with E-state index in [2.05, 4.69) is 38.1 Å². The van der Waals surface area contributed by atoms with E-state index in [0.717, 1.165) is 21.4 Å². The van der Waals surface area contributed by atoms with E-state index in [9.17, 15) is 4.79 Å². The van der Waals surface area contributed by atoms with Gasteiger partial charge in [0.25, 0.3) is 0 Å². The van der Waals surface area contributed by atoms with Gasteiger partial charge in [0.1, 0.15) is 0 Å². The van der Waals surface area contributed by atoms with Crippen molar-refractivity contribution in [1.29, 1.82) is 0 Å². The number of aromatic nitrogens is 4. The van der Waals surface area contributed by atoms with Crippen LogP contribution in [0.3, 0.4) is 0 Å². The maximum absolute atomic E-state index is 11.8. The van der Waals surface area contributed by atoms with Crippen LogP contribution in [-0.2, 0) is 24.4 Å². The van der Waals surface area contributed by atoms with Crippen molar-refractivity contribution in [2.75, 3.05) is 0 Å². The zero-order chi connectivity index (χ0) is 14.5. The minimum Gasteiger partial charge on any atom is -0.352 e. The fraction of sp³-hybridized carbons (Fsp3) is 0.462. The van der Waals surface area contributed by atoms with E-state index < -0.39 is 0 Å². The zero-order valence-corrected chi connectivity index (χ0v) is 13.8. The van der Waals surface area contributed by atoms with Gasteiger partial charge in [0.05, 0.1) is 16.0 Å². The number of rotatable bonds is 6. The molecule has 0 unspecified atom stereocenters. The first-order valence-corrected chi connectivity index (χ1v) is 7.64. The van der Waals surface area contributed by atoms with Crippen LogP contribution < -0.4 is 5.32 Å². The van der Waals surface area contributed by atoms with Gasteiger partial charge >= 0.3 is 0 Å². The SMILES string of the molecule is CCn1cc(CNC(=O)CCn2ncc(I)c2C)cn1. The third kappa shape index (κ3) is 3.81. The largest absolute Gasteiger partial charge is 0.352 e. The summed E-state index contributed by atoms with van der Waals surface area (Å²) >= 11 is 2.24. The molecule has 0 aliphatic rings. The lowest BCUT2D eigenvalue weighted by molar-refractivity contribution is -0.121. The van der Waals surface area contributed by atoms with Crippen LogP contribution in [0.15, 0.2) is 18.6 Å². The molecule has 0 atom stereocenters. The van der Waals surface area contributed by atoms with Crippen LogP contribution in [0.1, 0.15) is 24.6 Å². The lowest BCUT2D eigenvalue weighted by Crippen LogP contribution is -2.24. The summed E-state index contributed by atoms with van der Waals surface area (Å²) in [6.45, 7) is 6.00. The molecule has 0 fully saturated rings. The van der Waals surface area contributed by atoms with Gasteiger partial charge in [-0.25, -0.2) is 0 Å². The molecule has 2 aromatic rings. The molecule has 2 aromatic heterocycles. The molecular formula is C13H18IN5O. The van der Waals surface area contributed by atoms with Crippen LogP contribution in [-0.4, -0.2) is 25.5 Å². The van der Waals surface area contributed by atoms with E-state index in [-0.39, 0.29) is 5.91 Å². The van der Waals surface area contributed by atoms with E-state index in [1.165, 1.54) is 0 Å². The summed E-state index contributed by atoms with van der Waals surface area (Å²) in [5, 5.41) is 11.3. The normalized spacial score (nSPS) is 10.8. The van der Waals surface area contributed by atoms with Crippen molar-refractivity contribution in [3.8, 4) is 0 Å². The molecule has 1 N–H and O–H groups in total. The van der Waals surface area contributed by atoms with Gasteiger partial charge in [0, 0.05) is 43.5 Å². The molecule has 6 nitrogen and oxygen atoms in total. The maximum Gasteiger partial charge on any atom is 0.222 e. The molecule has 0 aliphatic heterocycles. The monoisotopic (exact) mass is 387 g/mol. The van der Waals surface area contributed by atoms with Crippen molar-refractivity contribution in [3.05, 3.63) is 33.4 Å². The maximum atomic E-state index is 11.8. The van der Waals surface area contributed by atoms with Gasteiger partial charge < -0.3 is 5.32 Å². The minimum absolute atomic E-state index is 0.0270. The average molecular weight is 387 g/mol. The minimum atomic E-state index is 0.0270. The number of amides is 1. The van der Waals surface area contributed by atoms with Crippen LogP contribution in [0.2, 0.25) is 0 Å². The van der Waals surface area contributed by atoms with E-state index in [1.54, 1.807) is 6.20 Å². The topological polar surface area (TPSA) is 64.7 Å². The summed E-state index contributed by atoms with van der Waals surface area (Å²) in [6.07, 6.45) is 5.97. The number of carbonyl (C=O) groups is 1. The lowest BCUT2D eigenvalue weighted by atomic mass is 10.3. The van der Waals surface area contributed by atoms with Crippen LogP contribution in [0, 0.1) is 10.5 Å². The molecule has 0 aliphatic carbocycles. The molecule has 20 heavy (non-hydrogen) atoms. The zero-order valence-electron chi connectivity index (χ0n) is 11.6. The Morgan fingerprint density at radius 1 is 1.40 bits per heavy atom. The number of nitrogens with zero attached hydrogens (tertiary/aromatic N) is 4. The van der Waals surface area contributed by atoms with Crippen LogP contribution in [0.5, 0.6) is 0 Å². The fourth-order valence-corrected chi connectivity index (χ4v) is 2.22. The number of carbonyl (C=O) groups excluding carboxylic acids is 1. The molecular weight excluding hydrogens is 369 g/mol. The van der Waals surface area contributed by atoms with E-state index >= 15 is 0 Å². The quantitative estimate of drug-likeness (QED) is 0.768. The third-order valence-corrected chi connectivity index (χ3v) is 4.15. The molecule has 2 rings (SSSR count). The lowest BCUT2D eigenvalue weighted by Gasteiger charge is -2.05. The Morgan fingerprint density at radius 2 is 2.20 bits per heavy atom. The number of nitrogens with one attached hydrogen (secondary N) is 1. The summed E-state index contributed by atoms with van der Waals surface area (Å²) in [5.41, 5.74) is 2.12. The van der Waals surface area contributed by atoms with Crippen molar-refractivity contribution in [2.24, 2.45) is 0 Å². The predicted octanol–water partition coefficient (Wildman–Crippen LogP) is 1.72. The summed E-state index contributed by atoms with van der Waals surface area (Å²) in [4.78, 5) is 11.8. The molecule has 0 saturated carbocycles. The van der Waals surface area contributed by atoms with Gasteiger partial charge in [-0.1, -0.05) is 0 Å². The molecule has 0 saturated heterocycles. The molecule has 2 heterocycles. The van der Waals surface area contributed by atoms with Gasteiger partial charge in [-0.05, 0) is 36.4 Å². The predicted molar refractivity (Wildman–Crippen MR) is 84.0 cm³/mol. The Kier molecular flexibility index (Phi) is 5.16. The number of hydrogen-bond donors (Lipinski definition) is 1. The van der Waals surface area contributed by atoms with Crippen molar-refractivity contribution in [1.82, 2.24) is 24.9 Å². The highest BCUT2D eigenvalue weighted by atomic mass is 127. The van der Waals surface area contributed by atoms with Crippen molar-refractivity contribution in [3.63, 3.8) is 0 Å². The molecule has 7 heteroatoms. The second-order valence-corrected chi connectivity index (χ2v) is 5.69. The molecule has 108 valence electrons. The van der Waals surface area contributed by atoms with E-state index in [4.69, 9.17) is 0 Å². The fourth-order valence-electron chi connectivity index (χ4n) is 1.82. The number of hydrogen-bond acceptors (Lipinski definition) is 3. The van der Waals surface area contributed by atoms with Gasteiger partial charge in [-0.2, -0.15) is 10.2 Å². The highest BCUT2D eigenvalue weighted by Gasteiger charge is 2.07. The smallest absolute Gasteiger partial charge is 0.222 e. The van der Waals surface area contributed by atoms with E-state index in [1.807, 2.05) is 35.6 Å². The van der Waals surface area contributed by atoms with Gasteiger partial charge in [-0.3, -0.25) is 14.2 Å². The summed E-state index contributed by atoms with van der Waals surface area (Å²) in [5.74, 6) is 0.0270. The first kappa shape index (κ1) is 15.0. The third-order valence-electron chi connectivity index (χ3n) is 3.09. The van der Waals surface area contributed by atoms with Gasteiger partial charge in [0.2, 0.25) is 5.91 Å². The van der Waals surface area contributed by atoms with Crippen LogP contribution >= 0.6 is 22.6 Å². The summed E-state index contributed by atoms with van der Waals surface area (Å²) < 4.78 is 4.82. The van der Waals surface area contributed by atoms with Gasteiger partial charge in [-0.15, -0.1) is 0 Å². The van der Waals surface area contributed by atoms with Crippen LogP contribution in [0.25, 0.3) is 0 Å². The standard InChI is InChI=1S/C13H18IN5O/c1-3-18-9-11(7-16-18)6-15-13(20)4-5-19-10(2)12(14)8-17-19/h7-9H,3-6H2,1-2H3,(H,15,20). The molecule has 0 bridgehead atoms. The molecule has 1 amide bonds. The molecule has 0 radical (unpaired) electrons. The number of halogens is 1. The van der Waals surface area contributed by atoms with Crippen LogP contribution in [0.4, 0.5) is 0 Å². The first-order chi connectivity index (χ1) is 9.60. The second-order valence-electron chi connectivity index (χ2n) is 4.53. The highest BCUT2D eigenvalue weighted by Crippen LogP contribution is 2.09. The Labute approximate surface area is 131 Å². The first-order valence-electron chi connectivity index (χ1n) is 6.56. The summed E-state index contributed by atoms with van der Waals surface area (Å²) in [6, 6.07) is 0.